The number of ether oxygens (including phenoxy) is 3. The van der Waals surface area contributed by atoms with Crippen LogP contribution in [0.15, 0.2) is 42.5 Å². The molecule has 8 heteroatoms. The van der Waals surface area contributed by atoms with Crippen molar-refractivity contribution in [3.05, 3.63) is 76.1 Å². The Balaban J connectivity index is 2.15. The summed E-state index contributed by atoms with van der Waals surface area (Å²) in [4.78, 5) is 29.7. The molecule has 214 valence electrons. The average Bonchev–Trinajstić information content (AvgIpc) is 2.86. The van der Waals surface area contributed by atoms with Gasteiger partial charge in [-0.3, -0.25) is 9.78 Å². The van der Waals surface area contributed by atoms with E-state index in [2.05, 4.69) is 43.4 Å². The van der Waals surface area contributed by atoms with E-state index in [-0.39, 0.29) is 18.7 Å². The zero-order chi connectivity index (χ0) is 29.6. The fourth-order valence-electron chi connectivity index (χ4n) is 4.41. The molecule has 2 amide bonds. The van der Waals surface area contributed by atoms with Gasteiger partial charge >= 0.3 is 6.09 Å². The smallest absolute Gasteiger partial charge is 0.407 e. The number of hydrogen-bond donors (Lipinski definition) is 2. The summed E-state index contributed by atoms with van der Waals surface area (Å²) in [6.07, 6.45) is 0.229. The quantitative estimate of drug-likeness (QED) is 0.309. The minimum absolute atomic E-state index is 0.122. The molecule has 2 aromatic carbocycles. The minimum atomic E-state index is -0.621. The van der Waals surface area contributed by atoms with Crippen LogP contribution in [-0.4, -0.2) is 29.7 Å². The topological polar surface area (TPSA) is 113 Å². The summed E-state index contributed by atoms with van der Waals surface area (Å²) in [5.41, 5.74) is 11.7. The van der Waals surface area contributed by atoms with Gasteiger partial charge in [0, 0.05) is 35.1 Å². The number of aryl methyl sites for hydroxylation is 2. The Morgan fingerprint density at radius 3 is 2.27 bits per heavy atom. The highest BCUT2D eigenvalue weighted by atomic mass is 16.6. The van der Waals surface area contributed by atoms with Gasteiger partial charge in [-0.1, -0.05) is 43.7 Å². The van der Waals surface area contributed by atoms with Crippen molar-refractivity contribution in [3.63, 3.8) is 0 Å². The van der Waals surface area contributed by atoms with E-state index in [1.54, 1.807) is 25.3 Å². The van der Waals surface area contributed by atoms with Gasteiger partial charge < -0.3 is 25.3 Å². The Hall–Kier alpha value is -4.07. The van der Waals surface area contributed by atoms with Crippen molar-refractivity contribution < 1.29 is 23.8 Å². The molecule has 3 aromatic rings. The predicted molar refractivity (Wildman–Crippen MR) is 157 cm³/mol. The Morgan fingerprint density at radius 2 is 1.70 bits per heavy atom. The molecule has 3 rings (SSSR count). The maximum atomic E-state index is 12.6. The maximum absolute atomic E-state index is 12.6. The molecular formula is C32H41N3O5. The fourth-order valence-corrected chi connectivity index (χ4v) is 4.41. The number of rotatable bonds is 10. The minimum Gasteiger partial charge on any atom is -0.497 e. The first-order valence-corrected chi connectivity index (χ1v) is 13.4. The van der Waals surface area contributed by atoms with Crippen molar-refractivity contribution in [2.24, 2.45) is 11.7 Å². The largest absolute Gasteiger partial charge is 0.497 e. The van der Waals surface area contributed by atoms with Crippen LogP contribution in [0.4, 0.5) is 4.79 Å². The van der Waals surface area contributed by atoms with Crippen LogP contribution in [0.25, 0.3) is 11.1 Å². The van der Waals surface area contributed by atoms with Crippen molar-refractivity contribution in [1.82, 2.24) is 10.3 Å². The molecule has 0 spiro atoms. The van der Waals surface area contributed by atoms with Crippen LogP contribution in [-0.2, 0) is 24.3 Å². The van der Waals surface area contributed by atoms with Gasteiger partial charge in [0.15, 0.2) is 0 Å². The Bertz CT molecular complexity index is 1360. The van der Waals surface area contributed by atoms with E-state index in [9.17, 15) is 9.59 Å². The number of alkyl carbamates (subject to hydrolysis) is 1. The van der Waals surface area contributed by atoms with E-state index in [1.807, 2.05) is 34.6 Å². The van der Waals surface area contributed by atoms with Crippen molar-refractivity contribution in [3.8, 4) is 22.6 Å². The third kappa shape index (κ3) is 7.97. The zero-order valence-electron chi connectivity index (χ0n) is 24.8. The molecule has 0 radical (unpaired) electrons. The zero-order valence-corrected chi connectivity index (χ0v) is 24.8. The van der Waals surface area contributed by atoms with Crippen LogP contribution in [0.1, 0.15) is 73.1 Å². The number of nitrogens with zero attached hydrogens (tertiary/aromatic N) is 1. The third-order valence-electron chi connectivity index (χ3n) is 6.27. The lowest BCUT2D eigenvalue weighted by Crippen LogP contribution is -2.32. The maximum Gasteiger partial charge on any atom is 0.407 e. The SMILES string of the molecule is COc1ccc(C(N)=O)c(OCc2c(C)nc(CC(C)C)c(CNC(=O)OC(C)(C)C)c2-c2ccc(C)cc2)c1. The Kier molecular flexibility index (Phi) is 9.79. The third-order valence-corrected chi connectivity index (χ3v) is 6.27. The number of nitrogens with two attached hydrogens (primary N) is 1. The lowest BCUT2D eigenvalue weighted by molar-refractivity contribution is 0.0523. The number of nitrogens with one attached hydrogen (secondary N) is 1. The Morgan fingerprint density at radius 1 is 1.02 bits per heavy atom. The van der Waals surface area contributed by atoms with Crippen LogP contribution in [0.5, 0.6) is 11.5 Å². The molecule has 0 fully saturated rings. The first-order valence-electron chi connectivity index (χ1n) is 13.4. The molecule has 0 aliphatic rings. The van der Waals surface area contributed by atoms with Gasteiger partial charge in [-0.05, 0) is 70.2 Å². The normalized spacial score (nSPS) is 11.3. The molecule has 40 heavy (non-hydrogen) atoms. The first kappa shape index (κ1) is 30.5. The summed E-state index contributed by atoms with van der Waals surface area (Å²) >= 11 is 0. The number of pyridine rings is 1. The van der Waals surface area contributed by atoms with Crippen molar-refractivity contribution in [1.29, 1.82) is 0 Å². The summed E-state index contributed by atoms with van der Waals surface area (Å²) in [7, 11) is 1.55. The molecular weight excluding hydrogens is 506 g/mol. The molecule has 0 bridgehead atoms. The second-order valence-corrected chi connectivity index (χ2v) is 11.3. The highest BCUT2D eigenvalue weighted by Crippen LogP contribution is 2.34. The average molecular weight is 548 g/mol. The van der Waals surface area contributed by atoms with Gasteiger partial charge in [0.25, 0.3) is 5.91 Å². The molecule has 8 nitrogen and oxygen atoms in total. The van der Waals surface area contributed by atoms with Crippen LogP contribution in [0.3, 0.4) is 0 Å². The second-order valence-electron chi connectivity index (χ2n) is 11.3. The predicted octanol–water partition coefficient (Wildman–Crippen LogP) is 6.28. The number of benzene rings is 2. The number of carbonyl (C=O) groups excluding carboxylic acids is 2. The van der Waals surface area contributed by atoms with Gasteiger partial charge in [-0.2, -0.15) is 0 Å². The van der Waals surface area contributed by atoms with Gasteiger partial charge in [-0.25, -0.2) is 4.79 Å². The molecule has 0 aliphatic heterocycles. The number of primary amides is 1. The number of carbonyl (C=O) groups is 2. The summed E-state index contributed by atoms with van der Waals surface area (Å²) in [5.74, 6) is 0.611. The molecule has 1 aromatic heterocycles. The summed E-state index contributed by atoms with van der Waals surface area (Å²) < 4.78 is 17.1. The van der Waals surface area contributed by atoms with E-state index in [4.69, 9.17) is 24.9 Å². The number of hydrogen-bond acceptors (Lipinski definition) is 6. The van der Waals surface area contributed by atoms with Crippen molar-refractivity contribution >= 4 is 12.0 Å². The summed E-state index contributed by atoms with van der Waals surface area (Å²) in [6.45, 7) is 14.1. The van der Waals surface area contributed by atoms with Crippen LogP contribution >= 0.6 is 0 Å². The highest BCUT2D eigenvalue weighted by Gasteiger charge is 2.23. The number of methoxy groups -OCH3 is 1. The summed E-state index contributed by atoms with van der Waals surface area (Å²) in [6, 6.07) is 13.1. The van der Waals surface area contributed by atoms with Crippen molar-refractivity contribution in [2.45, 2.75) is 73.6 Å². The lowest BCUT2D eigenvalue weighted by atomic mass is 9.90. The molecule has 0 atom stereocenters. The second kappa shape index (κ2) is 12.9. The van der Waals surface area contributed by atoms with Crippen LogP contribution in [0.2, 0.25) is 0 Å². The number of amides is 2. The molecule has 3 N–H and O–H groups in total. The van der Waals surface area contributed by atoms with Gasteiger partial charge in [-0.15, -0.1) is 0 Å². The number of aromatic nitrogens is 1. The van der Waals surface area contributed by atoms with Crippen molar-refractivity contribution in [2.75, 3.05) is 7.11 Å². The monoisotopic (exact) mass is 547 g/mol. The molecule has 0 saturated heterocycles. The summed E-state index contributed by atoms with van der Waals surface area (Å²) in [5, 5.41) is 2.93. The molecule has 1 heterocycles. The highest BCUT2D eigenvalue weighted by molar-refractivity contribution is 5.95. The van der Waals surface area contributed by atoms with E-state index in [0.29, 0.717) is 17.4 Å². The van der Waals surface area contributed by atoms with Gasteiger partial charge in [0.1, 0.15) is 23.7 Å². The fraction of sp³-hybridized carbons (Fsp3) is 0.406. The Labute approximate surface area is 237 Å². The van der Waals surface area contributed by atoms with Gasteiger partial charge in [0.05, 0.1) is 12.7 Å². The van der Waals surface area contributed by atoms with Crippen LogP contribution in [0, 0.1) is 19.8 Å². The van der Waals surface area contributed by atoms with E-state index in [1.165, 1.54) is 0 Å². The molecule has 0 saturated carbocycles. The van der Waals surface area contributed by atoms with E-state index >= 15 is 0 Å². The lowest BCUT2D eigenvalue weighted by Gasteiger charge is -2.24. The molecule has 0 unspecified atom stereocenters. The molecule has 0 aliphatic carbocycles. The first-order chi connectivity index (χ1) is 18.8. The standard InChI is InChI=1S/C32H41N3O5/c1-19(2)15-27-25(17-34-31(37)40-32(5,6)7)29(22-11-9-20(3)10-12-22)26(21(4)35-27)18-39-28-16-23(38-8)13-14-24(28)30(33)36/h9-14,16,19H,15,17-18H2,1-8H3,(H2,33,36)(H,34,37). The van der Waals surface area contributed by atoms with E-state index in [0.717, 1.165) is 45.6 Å². The van der Waals surface area contributed by atoms with E-state index < -0.39 is 17.6 Å². The van der Waals surface area contributed by atoms with Gasteiger partial charge in [0.2, 0.25) is 0 Å². The van der Waals surface area contributed by atoms with Crippen LogP contribution < -0.4 is 20.5 Å².